The van der Waals surface area contributed by atoms with E-state index in [1.54, 1.807) is 0 Å². The maximum absolute atomic E-state index is 3.59. The highest BCUT2D eigenvalue weighted by Gasteiger charge is 2.04. The van der Waals surface area contributed by atoms with Crippen molar-refractivity contribution in [1.82, 2.24) is 10.2 Å². The number of nitrogens with zero attached hydrogens (tertiary/aromatic N) is 1. The maximum Gasteiger partial charge on any atom is 0.00411 e. The van der Waals surface area contributed by atoms with Crippen molar-refractivity contribution >= 4 is 0 Å². The largest absolute Gasteiger partial charge is 0.314 e. The van der Waals surface area contributed by atoms with Crippen LogP contribution in [0.4, 0.5) is 0 Å². The molecule has 0 aromatic rings. The summed E-state index contributed by atoms with van der Waals surface area (Å²) in [7, 11) is 0. The second kappa shape index (κ2) is 9.17. The minimum absolute atomic E-state index is 0.668. The highest BCUT2D eigenvalue weighted by molar-refractivity contribution is 4.63. The van der Waals surface area contributed by atoms with E-state index in [-0.39, 0.29) is 0 Å². The van der Waals surface area contributed by atoms with Crippen molar-refractivity contribution in [2.45, 2.75) is 53.5 Å². The summed E-state index contributed by atoms with van der Waals surface area (Å²) >= 11 is 0. The molecular formula is C13H30N2. The lowest BCUT2D eigenvalue weighted by molar-refractivity contribution is 0.294. The first-order valence-electron chi connectivity index (χ1n) is 6.55. The van der Waals surface area contributed by atoms with Crippen molar-refractivity contribution in [3.63, 3.8) is 0 Å². The number of hydrogen-bond acceptors (Lipinski definition) is 2. The fourth-order valence-corrected chi connectivity index (χ4v) is 1.98. The van der Waals surface area contributed by atoms with E-state index in [2.05, 4.69) is 44.8 Å². The van der Waals surface area contributed by atoms with E-state index in [0.717, 1.165) is 12.5 Å². The molecule has 0 rings (SSSR count). The van der Waals surface area contributed by atoms with Gasteiger partial charge in [0.2, 0.25) is 0 Å². The Kier molecular flexibility index (Phi) is 9.12. The molecule has 92 valence electrons. The average molecular weight is 214 g/mol. The van der Waals surface area contributed by atoms with Crippen molar-refractivity contribution < 1.29 is 0 Å². The smallest absolute Gasteiger partial charge is 0.00411 e. The van der Waals surface area contributed by atoms with Crippen LogP contribution in [0.15, 0.2) is 0 Å². The highest BCUT2D eigenvalue weighted by atomic mass is 15.1. The zero-order chi connectivity index (χ0) is 11.7. The van der Waals surface area contributed by atoms with E-state index in [9.17, 15) is 0 Å². The van der Waals surface area contributed by atoms with Crippen molar-refractivity contribution in [2.24, 2.45) is 5.92 Å². The highest BCUT2D eigenvalue weighted by Crippen LogP contribution is 2.03. The van der Waals surface area contributed by atoms with Gasteiger partial charge in [0.25, 0.3) is 0 Å². The lowest BCUT2D eigenvalue weighted by atomic mass is 10.1. The third-order valence-corrected chi connectivity index (χ3v) is 2.86. The van der Waals surface area contributed by atoms with Gasteiger partial charge in [-0.1, -0.05) is 27.7 Å². The van der Waals surface area contributed by atoms with Crippen molar-refractivity contribution in [3.05, 3.63) is 0 Å². The Morgan fingerprint density at radius 2 is 1.67 bits per heavy atom. The SMILES string of the molecule is CCN(CC)CCCNC(C)CC(C)C. The summed E-state index contributed by atoms with van der Waals surface area (Å²) < 4.78 is 0. The van der Waals surface area contributed by atoms with Crippen LogP contribution in [0.1, 0.15) is 47.5 Å². The Labute approximate surface area is 96.4 Å². The quantitative estimate of drug-likeness (QED) is 0.594. The molecule has 0 heterocycles. The molecule has 0 aliphatic heterocycles. The predicted molar refractivity (Wildman–Crippen MR) is 69.3 cm³/mol. The summed E-state index contributed by atoms with van der Waals surface area (Å²) in [6, 6.07) is 0.668. The molecule has 0 saturated heterocycles. The van der Waals surface area contributed by atoms with Crippen LogP contribution in [0.25, 0.3) is 0 Å². The molecule has 15 heavy (non-hydrogen) atoms. The standard InChI is InChI=1S/C13H30N2/c1-6-15(7-2)10-8-9-14-13(5)11-12(3)4/h12-14H,6-11H2,1-5H3. The predicted octanol–water partition coefficient (Wildman–Crippen LogP) is 2.74. The molecule has 0 spiro atoms. The van der Waals surface area contributed by atoms with E-state index < -0.39 is 0 Å². The van der Waals surface area contributed by atoms with Crippen molar-refractivity contribution in [1.29, 1.82) is 0 Å². The normalized spacial score (nSPS) is 13.8. The summed E-state index contributed by atoms with van der Waals surface area (Å²) in [6.07, 6.45) is 2.55. The molecule has 0 saturated carbocycles. The molecular weight excluding hydrogens is 184 g/mol. The molecule has 0 aliphatic carbocycles. The van der Waals surface area contributed by atoms with E-state index in [4.69, 9.17) is 0 Å². The van der Waals surface area contributed by atoms with Crippen LogP contribution in [0.2, 0.25) is 0 Å². The summed E-state index contributed by atoms with van der Waals surface area (Å²) in [4.78, 5) is 2.48. The van der Waals surface area contributed by atoms with E-state index in [0.29, 0.717) is 6.04 Å². The van der Waals surface area contributed by atoms with Crippen LogP contribution in [0.3, 0.4) is 0 Å². The van der Waals surface area contributed by atoms with Gasteiger partial charge in [-0.2, -0.15) is 0 Å². The minimum atomic E-state index is 0.668. The van der Waals surface area contributed by atoms with E-state index >= 15 is 0 Å². The van der Waals surface area contributed by atoms with Crippen LogP contribution in [-0.2, 0) is 0 Å². The van der Waals surface area contributed by atoms with Crippen LogP contribution >= 0.6 is 0 Å². The number of hydrogen-bond donors (Lipinski definition) is 1. The molecule has 1 unspecified atom stereocenters. The zero-order valence-corrected chi connectivity index (χ0v) is 11.3. The van der Waals surface area contributed by atoms with Crippen molar-refractivity contribution in [2.75, 3.05) is 26.2 Å². The van der Waals surface area contributed by atoms with Gasteiger partial charge in [0.15, 0.2) is 0 Å². The van der Waals surface area contributed by atoms with Gasteiger partial charge in [0.1, 0.15) is 0 Å². The van der Waals surface area contributed by atoms with Gasteiger partial charge in [-0.25, -0.2) is 0 Å². The van der Waals surface area contributed by atoms with E-state index in [1.807, 2.05) is 0 Å². The third-order valence-electron chi connectivity index (χ3n) is 2.86. The lowest BCUT2D eigenvalue weighted by Gasteiger charge is -2.19. The van der Waals surface area contributed by atoms with Gasteiger partial charge in [0.05, 0.1) is 0 Å². The summed E-state index contributed by atoms with van der Waals surface area (Å²) in [5.74, 6) is 0.801. The van der Waals surface area contributed by atoms with Gasteiger partial charge >= 0.3 is 0 Å². The third kappa shape index (κ3) is 8.88. The zero-order valence-electron chi connectivity index (χ0n) is 11.3. The Morgan fingerprint density at radius 3 is 2.13 bits per heavy atom. The van der Waals surface area contributed by atoms with Gasteiger partial charge in [-0.05, 0) is 51.9 Å². The van der Waals surface area contributed by atoms with Gasteiger partial charge in [-0.3, -0.25) is 0 Å². The van der Waals surface area contributed by atoms with Gasteiger partial charge in [0, 0.05) is 6.04 Å². The second-order valence-corrected chi connectivity index (χ2v) is 4.87. The van der Waals surface area contributed by atoms with E-state index in [1.165, 1.54) is 32.5 Å². The fraction of sp³-hybridized carbons (Fsp3) is 1.00. The maximum atomic E-state index is 3.59. The van der Waals surface area contributed by atoms with Crippen LogP contribution in [0, 0.1) is 5.92 Å². The topological polar surface area (TPSA) is 15.3 Å². The summed E-state index contributed by atoms with van der Waals surface area (Å²) in [5.41, 5.74) is 0. The number of nitrogens with one attached hydrogen (secondary N) is 1. The van der Waals surface area contributed by atoms with Gasteiger partial charge in [-0.15, -0.1) is 0 Å². The molecule has 0 bridgehead atoms. The second-order valence-electron chi connectivity index (χ2n) is 4.87. The van der Waals surface area contributed by atoms with Crippen molar-refractivity contribution in [3.8, 4) is 0 Å². The van der Waals surface area contributed by atoms with Crippen LogP contribution in [0.5, 0.6) is 0 Å². The molecule has 1 N–H and O–H groups in total. The molecule has 0 radical (unpaired) electrons. The summed E-state index contributed by atoms with van der Waals surface area (Å²) in [6.45, 7) is 16.1. The Morgan fingerprint density at radius 1 is 1.07 bits per heavy atom. The van der Waals surface area contributed by atoms with Crippen LogP contribution < -0.4 is 5.32 Å². The lowest BCUT2D eigenvalue weighted by Crippen LogP contribution is -2.31. The summed E-state index contributed by atoms with van der Waals surface area (Å²) in [5, 5.41) is 3.59. The molecule has 0 amide bonds. The Bertz CT molecular complexity index is 130. The monoisotopic (exact) mass is 214 g/mol. The minimum Gasteiger partial charge on any atom is -0.314 e. The fourth-order valence-electron chi connectivity index (χ4n) is 1.98. The van der Waals surface area contributed by atoms with Gasteiger partial charge < -0.3 is 10.2 Å². The number of rotatable bonds is 9. The Balaban J connectivity index is 3.37. The molecule has 0 fully saturated rings. The molecule has 2 heteroatoms. The first-order valence-corrected chi connectivity index (χ1v) is 6.55. The van der Waals surface area contributed by atoms with Crippen LogP contribution in [-0.4, -0.2) is 37.1 Å². The average Bonchev–Trinajstić information content (AvgIpc) is 2.17. The molecule has 0 aromatic heterocycles. The molecule has 2 nitrogen and oxygen atoms in total. The Hall–Kier alpha value is -0.0800. The molecule has 0 aliphatic rings. The first kappa shape index (κ1) is 14.9. The molecule has 0 aromatic carbocycles. The first-order chi connectivity index (χ1) is 7.10. The molecule has 1 atom stereocenters.